The third-order valence-corrected chi connectivity index (χ3v) is 4.58. The van der Waals surface area contributed by atoms with E-state index in [-0.39, 0.29) is 0 Å². The third kappa shape index (κ3) is 2.00. The zero-order valence-corrected chi connectivity index (χ0v) is 11.1. The summed E-state index contributed by atoms with van der Waals surface area (Å²) in [6.07, 6.45) is 7.43. The molecule has 0 saturated heterocycles. The molecule has 2 nitrogen and oxygen atoms in total. The molecule has 2 heteroatoms. The molecule has 2 bridgehead atoms. The number of anilines is 1. The van der Waals surface area contributed by atoms with Crippen LogP contribution in [0.2, 0.25) is 0 Å². The average molecular weight is 243 g/mol. The molecule has 0 aromatic heterocycles. The average Bonchev–Trinajstić information content (AvgIpc) is 2.96. The van der Waals surface area contributed by atoms with Crippen LogP contribution in [0.1, 0.15) is 25.3 Å². The van der Waals surface area contributed by atoms with Crippen LogP contribution in [-0.2, 0) is 0 Å². The fourth-order valence-corrected chi connectivity index (χ4v) is 3.47. The highest BCUT2D eigenvalue weighted by Gasteiger charge is 2.38. The van der Waals surface area contributed by atoms with Crippen LogP contribution < -0.4 is 5.32 Å². The van der Waals surface area contributed by atoms with E-state index in [0.717, 1.165) is 29.0 Å². The maximum atomic E-state index is 9.73. The Bertz CT molecular complexity index is 480. The fraction of sp³-hybridized carbons (Fsp3) is 0.500. The highest BCUT2D eigenvalue weighted by Crippen LogP contribution is 2.45. The molecule has 2 aliphatic rings. The Hall–Kier alpha value is -1.44. The molecule has 0 aliphatic heterocycles. The summed E-state index contributed by atoms with van der Waals surface area (Å²) in [6, 6.07) is 6.31. The molecule has 4 atom stereocenters. The summed E-state index contributed by atoms with van der Waals surface area (Å²) in [5.41, 5.74) is 1.95. The van der Waals surface area contributed by atoms with Crippen molar-refractivity contribution in [2.45, 2.75) is 32.7 Å². The van der Waals surface area contributed by atoms with Gasteiger partial charge in [0, 0.05) is 17.8 Å². The molecule has 1 fully saturated rings. The normalized spacial score (nSPS) is 30.7. The molecule has 2 N–H and O–H groups in total. The molecule has 96 valence electrons. The van der Waals surface area contributed by atoms with Gasteiger partial charge in [0.25, 0.3) is 0 Å². The Morgan fingerprint density at radius 3 is 2.72 bits per heavy atom. The number of phenolic OH excluding ortho intramolecular Hbond substituents is 1. The van der Waals surface area contributed by atoms with Gasteiger partial charge in [0.1, 0.15) is 5.75 Å². The van der Waals surface area contributed by atoms with Gasteiger partial charge in [-0.05, 0) is 56.1 Å². The molecule has 18 heavy (non-hydrogen) atoms. The van der Waals surface area contributed by atoms with Crippen molar-refractivity contribution in [1.82, 2.24) is 0 Å². The zero-order chi connectivity index (χ0) is 12.7. The van der Waals surface area contributed by atoms with Gasteiger partial charge in [-0.2, -0.15) is 0 Å². The highest BCUT2D eigenvalue weighted by molar-refractivity contribution is 5.51. The third-order valence-electron chi connectivity index (χ3n) is 4.58. The van der Waals surface area contributed by atoms with Crippen molar-refractivity contribution in [3.8, 4) is 5.75 Å². The van der Waals surface area contributed by atoms with Gasteiger partial charge in [-0.25, -0.2) is 0 Å². The number of nitrogens with one attached hydrogen (secondary N) is 1. The van der Waals surface area contributed by atoms with Crippen LogP contribution >= 0.6 is 0 Å². The van der Waals surface area contributed by atoms with Gasteiger partial charge >= 0.3 is 0 Å². The zero-order valence-electron chi connectivity index (χ0n) is 11.1. The topological polar surface area (TPSA) is 32.3 Å². The molecular formula is C16H21NO. The summed E-state index contributed by atoms with van der Waals surface area (Å²) in [5.74, 6) is 2.69. The van der Waals surface area contributed by atoms with Gasteiger partial charge < -0.3 is 10.4 Å². The van der Waals surface area contributed by atoms with Crippen LogP contribution in [0.5, 0.6) is 5.75 Å². The van der Waals surface area contributed by atoms with Crippen LogP contribution in [0.3, 0.4) is 0 Å². The predicted octanol–water partition coefficient (Wildman–Crippen LogP) is 3.71. The van der Waals surface area contributed by atoms with E-state index in [1.165, 1.54) is 12.8 Å². The summed E-state index contributed by atoms with van der Waals surface area (Å²) in [7, 11) is 0. The number of fused-ring (bicyclic) bond motifs is 2. The second-order valence-corrected chi connectivity index (χ2v) is 5.88. The standard InChI is InChI=1S/C16H21NO/c1-10-3-6-14(9-16(10)18)17-11(2)15-8-12-4-5-13(15)7-12/h3-6,9,11-13,15,17-18H,7-8H2,1-2H3. The lowest BCUT2D eigenvalue weighted by Crippen LogP contribution is -2.28. The van der Waals surface area contributed by atoms with Crippen LogP contribution in [-0.4, -0.2) is 11.1 Å². The van der Waals surface area contributed by atoms with Crippen molar-refractivity contribution in [3.63, 3.8) is 0 Å². The summed E-state index contributed by atoms with van der Waals surface area (Å²) < 4.78 is 0. The van der Waals surface area contributed by atoms with Gasteiger partial charge in [0.2, 0.25) is 0 Å². The first-order chi connectivity index (χ1) is 8.63. The molecule has 4 unspecified atom stereocenters. The molecule has 0 heterocycles. The Kier molecular flexibility index (Phi) is 2.81. The van der Waals surface area contributed by atoms with E-state index in [1.807, 2.05) is 19.1 Å². The Balaban J connectivity index is 1.69. The number of hydrogen-bond acceptors (Lipinski definition) is 2. The Labute approximate surface area is 109 Å². The quantitative estimate of drug-likeness (QED) is 0.793. The summed E-state index contributed by atoms with van der Waals surface area (Å²) >= 11 is 0. The minimum atomic E-state index is 0.375. The molecular weight excluding hydrogens is 222 g/mol. The molecule has 1 aromatic rings. The second-order valence-electron chi connectivity index (χ2n) is 5.88. The maximum absolute atomic E-state index is 9.73. The molecule has 0 radical (unpaired) electrons. The summed E-state index contributed by atoms with van der Waals surface area (Å²) in [5, 5.41) is 13.3. The van der Waals surface area contributed by atoms with Gasteiger partial charge in [-0.1, -0.05) is 18.2 Å². The number of aromatic hydroxyl groups is 1. The van der Waals surface area contributed by atoms with Crippen molar-refractivity contribution >= 4 is 5.69 Å². The smallest absolute Gasteiger partial charge is 0.120 e. The van der Waals surface area contributed by atoms with E-state index in [4.69, 9.17) is 0 Å². The highest BCUT2D eigenvalue weighted by atomic mass is 16.3. The molecule has 0 spiro atoms. The lowest BCUT2D eigenvalue weighted by molar-refractivity contribution is 0.399. The molecule has 1 saturated carbocycles. The van der Waals surface area contributed by atoms with E-state index < -0.39 is 0 Å². The van der Waals surface area contributed by atoms with Crippen molar-refractivity contribution in [2.75, 3.05) is 5.32 Å². The van der Waals surface area contributed by atoms with Crippen molar-refractivity contribution in [2.24, 2.45) is 17.8 Å². The second kappa shape index (κ2) is 4.34. The van der Waals surface area contributed by atoms with Crippen LogP contribution in [0.25, 0.3) is 0 Å². The van der Waals surface area contributed by atoms with E-state index in [9.17, 15) is 5.11 Å². The number of hydrogen-bond donors (Lipinski definition) is 2. The van der Waals surface area contributed by atoms with Crippen LogP contribution in [0.15, 0.2) is 30.4 Å². The molecule has 3 rings (SSSR count). The first kappa shape index (κ1) is 11.6. The molecule has 0 amide bonds. The lowest BCUT2D eigenvalue weighted by atomic mass is 9.87. The maximum Gasteiger partial charge on any atom is 0.120 e. The van der Waals surface area contributed by atoms with Crippen molar-refractivity contribution in [3.05, 3.63) is 35.9 Å². The predicted molar refractivity (Wildman–Crippen MR) is 74.8 cm³/mol. The largest absolute Gasteiger partial charge is 0.508 e. The fourth-order valence-electron chi connectivity index (χ4n) is 3.47. The number of benzene rings is 1. The summed E-state index contributed by atoms with van der Waals surface area (Å²) in [4.78, 5) is 0. The Morgan fingerprint density at radius 2 is 2.11 bits per heavy atom. The number of phenols is 1. The van der Waals surface area contributed by atoms with Gasteiger partial charge in [0.15, 0.2) is 0 Å². The van der Waals surface area contributed by atoms with Gasteiger partial charge in [0.05, 0.1) is 0 Å². The molecule has 2 aliphatic carbocycles. The minimum absolute atomic E-state index is 0.375. The van der Waals surface area contributed by atoms with E-state index in [2.05, 4.69) is 30.5 Å². The lowest BCUT2D eigenvalue weighted by Gasteiger charge is -2.27. The van der Waals surface area contributed by atoms with E-state index in [0.29, 0.717) is 11.8 Å². The van der Waals surface area contributed by atoms with Gasteiger partial charge in [-0.3, -0.25) is 0 Å². The van der Waals surface area contributed by atoms with Gasteiger partial charge in [-0.15, -0.1) is 0 Å². The van der Waals surface area contributed by atoms with Crippen molar-refractivity contribution in [1.29, 1.82) is 0 Å². The van der Waals surface area contributed by atoms with E-state index in [1.54, 1.807) is 0 Å². The number of aryl methyl sites for hydroxylation is 1. The number of allylic oxidation sites excluding steroid dienone is 2. The Morgan fingerprint density at radius 1 is 1.28 bits per heavy atom. The first-order valence-corrected chi connectivity index (χ1v) is 6.88. The number of rotatable bonds is 3. The molecule has 1 aromatic carbocycles. The van der Waals surface area contributed by atoms with Crippen LogP contribution in [0.4, 0.5) is 5.69 Å². The SMILES string of the molecule is Cc1ccc(NC(C)C2CC3C=CC2C3)cc1O. The van der Waals surface area contributed by atoms with Crippen LogP contribution in [0, 0.1) is 24.7 Å². The van der Waals surface area contributed by atoms with Crippen molar-refractivity contribution < 1.29 is 5.11 Å². The summed E-state index contributed by atoms with van der Waals surface area (Å²) in [6.45, 7) is 4.18. The monoisotopic (exact) mass is 243 g/mol. The van der Waals surface area contributed by atoms with E-state index >= 15 is 0 Å². The first-order valence-electron chi connectivity index (χ1n) is 6.88. The minimum Gasteiger partial charge on any atom is -0.508 e.